The summed E-state index contributed by atoms with van der Waals surface area (Å²) in [6.45, 7) is 1.20. The van der Waals surface area contributed by atoms with Crippen LogP contribution in [0, 0.1) is 0 Å². The largest absolute Gasteiger partial charge is 0.368 e. The first-order valence-electron chi connectivity index (χ1n) is 4.69. The van der Waals surface area contributed by atoms with Gasteiger partial charge >= 0.3 is 0 Å². The van der Waals surface area contributed by atoms with Crippen molar-refractivity contribution >= 4 is 0 Å². The Morgan fingerprint density at radius 3 is 1.19 bits per heavy atom. The molecule has 0 atom stereocenters. The smallest absolute Gasteiger partial charge is 0.136 e. The van der Waals surface area contributed by atoms with Gasteiger partial charge in [-0.15, -0.1) is 0 Å². The van der Waals surface area contributed by atoms with E-state index in [4.69, 9.17) is 9.47 Å². The van der Waals surface area contributed by atoms with E-state index in [1.54, 1.807) is 0 Å². The van der Waals surface area contributed by atoms with Gasteiger partial charge in [-0.25, -0.2) is 9.26 Å². The zero-order valence-electron chi connectivity index (χ0n) is 8.25. The zero-order valence-corrected chi connectivity index (χ0v) is 8.25. The standard InChI is InChI=1S/C8H8N4O4/c1-5-6(10-15-9-5)3-14-4-8-7(2-13-1)11-16-12-8/h1-4H2. The van der Waals surface area contributed by atoms with Gasteiger partial charge < -0.3 is 9.47 Å². The van der Waals surface area contributed by atoms with Gasteiger partial charge in [0.1, 0.15) is 22.8 Å². The second-order valence-corrected chi connectivity index (χ2v) is 3.30. The molecule has 0 aliphatic carbocycles. The summed E-state index contributed by atoms with van der Waals surface area (Å²) in [5, 5.41) is 14.9. The van der Waals surface area contributed by atoms with E-state index in [1.165, 1.54) is 0 Å². The van der Waals surface area contributed by atoms with Gasteiger partial charge in [-0.1, -0.05) is 20.6 Å². The molecule has 0 spiro atoms. The van der Waals surface area contributed by atoms with Gasteiger partial charge in [0.05, 0.1) is 26.4 Å². The molecule has 2 aromatic heterocycles. The SMILES string of the molecule is C1OCc2nonc2COCc2nonc21. The van der Waals surface area contributed by atoms with Crippen LogP contribution >= 0.6 is 0 Å². The summed E-state index contributed by atoms with van der Waals surface area (Å²) in [5.41, 5.74) is 2.56. The lowest BCUT2D eigenvalue weighted by Crippen LogP contribution is -2.06. The number of ether oxygens (including phenoxy) is 2. The molecule has 3 rings (SSSR count). The molecular formula is C8H8N4O4. The minimum Gasteiger partial charge on any atom is -0.368 e. The van der Waals surface area contributed by atoms with Crippen molar-refractivity contribution in [1.82, 2.24) is 20.6 Å². The number of rotatable bonds is 0. The van der Waals surface area contributed by atoms with Crippen LogP contribution in [0.15, 0.2) is 9.26 Å². The van der Waals surface area contributed by atoms with Crippen molar-refractivity contribution in [1.29, 1.82) is 0 Å². The second kappa shape index (κ2) is 3.99. The molecule has 0 aromatic carbocycles. The zero-order chi connectivity index (χ0) is 10.8. The van der Waals surface area contributed by atoms with Crippen LogP contribution in [0.4, 0.5) is 0 Å². The van der Waals surface area contributed by atoms with Gasteiger partial charge in [0.15, 0.2) is 0 Å². The maximum atomic E-state index is 5.40. The average Bonchev–Trinajstić information content (AvgIpc) is 2.89. The minimum absolute atomic E-state index is 0.300. The first-order chi connectivity index (χ1) is 7.93. The average molecular weight is 224 g/mol. The number of aromatic nitrogens is 4. The minimum atomic E-state index is 0.300. The quantitative estimate of drug-likeness (QED) is 0.626. The molecule has 8 nitrogen and oxygen atoms in total. The third-order valence-corrected chi connectivity index (χ3v) is 2.23. The highest BCUT2D eigenvalue weighted by molar-refractivity contribution is 5.08. The van der Waals surface area contributed by atoms with E-state index in [-0.39, 0.29) is 0 Å². The Labute approximate surface area is 89.4 Å². The summed E-state index contributed by atoms with van der Waals surface area (Å²) in [4.78, 5) is 0. The van der Waals surface area contributed by atoms with Crippen LogP contribution in [0.2, 0.25) is 0 Å². The first-order valence-corrected chi connectivity index (χ1v) is 4.69. The highest BCUT2D eigenvalue weighted by atomic mass is 16.6. The van der Waals surface area contributed by atoms with Crippen molar-refractivity contribution in [2.24, 2.45) is 0 Å². The summed E-state index contributed by atoms with van der Waals surface area (Å²) in [6, 6.07) is 0. The van der Waals surface area contributed by atoms with E-state index in [0.29, 0.717) is 49.2 Å². The lowest BCUT2D eigenvalue weighted by atomic mass is 10.3. The van der Waals surface area contributed by atoms with E-state index >= 15 is 0 Å². The van der Waals surface area contributed by atoms with Crippen LogP contribution < -0.4 is 0 Å². The molecule has 16 heavy (non-hydrogen) atoms. The lowest BCUT2D eigenvalue weighted by Gasteiger charge is -2.05. The Balaban J connectivity index is 1.82. The van der Waals surface area contributed by atoms with Crippen molar-refractivity contribution in [3.63, 3.8) is 0 Å². The maximum absolute atomic E-state index is 5.40. The Kier molecular flexibility index (Phi) is 2.35. The van der Waals surface area contributed by atoms with Crippen LogP contribution in [0.5, 0.6) is 0 Å². The van der Waals surface area contributed by atoms with Crippen molar-refractivity contribution in [3.05, 3.63) is 22.8 Å². The predicted molar refractivity (Wildman–Crippen MR) is 45.6 cm³/mol. The highest BCUT2D eigenvalue weighted by Crippen LogP contribution is 2.13. The lowest BCUT2D eigenvalue weighted by molar-refractivity contribution is 0.0752. The van der Waals surface area contributed by atoms with E-state index in [9.17, 15) is 0 Å². The van der Waals surface area contributed by atoms with Gasteiger partial charge in [-0.05, 0) is 0 Å². The molecule has 84 valence electrons. The summed E-state index contributed by atoms with van der Waals surface area (Å²) in [5.74, 6) is 0. The molecule has 0 fully saturated rings. The molecule has 0 saturated carbocycles. The summed E-state index contributed by atoms with van der Waals surface area (Å²) < 4.78 is 20.0. The first kappa shape index (κ1) is 9.43. The van der Waals surface area contributed by atoms with Crippen LogP contribution in [-0.4, -0.2) is 20.6 Å². The highest BCUT2D eigenvalue weighted by Gasteiger charge is 2.16. The molecular weight excluding hydrogens is 216 g/mol. The van der Waals surface area contributed by atoms with Gasteiger partial charge in [0, 0.05) is 0 Å². The number of nitrogens with zero attached hydrogens (tertiary/aromatic N) is 4. The fourth-order valence-corrected chi connectivity index (χ4v) is 1.38. The predicted octanol–water partition coefficient (Wildman–Crippen LogP) is 0.200. The topological polar surface area (TPSA) is 96.3 Å². The Morgan fingerprint density at radius 2 is 0.875 bits per heavy atom. The summed E-state index contributed by atoms with van der Waals surface area (Å²) in [6.07, 6.45) is 0. The molecule has 1 aliphatic rings. The van der Waals surface area contributed by atoms with E-state index in [2.05, 4.69) is 29.9 Å². The third kappa shape index (κ3) is 1.68. The summed E-state index contributed by atoms with van der Waals surface area (Å²) in [7, 11) is 0. The van der Waals surface area contributed by atoms with Crippen molar-refractivity contribution in [3.8, 4) is 0 Å². The van der Waals surface area contributed by atoms with Crippen LogP contribution in [0.3, 0.4) is 0 Å². The molecule has 0 unspecified atom stereocenters. The normalized spacial score (nSPS) is 16.5. The van der Waals surface area contributed by atoms with Gasteiger partial charge in [0.2, 0.25) is 0 Å². The molecule has 1 aliphatic heterocycles. The third-order valence-electron chi connectivity index (χ3n) is 2.23. The van der Waals surface area contributed by atoms with Crippen molar-refractivity contribution in [2.75, 3.05) is 0 Å². The Bertz CT molecular complexity index is 399. The molecule has 8 heteroatoms. The second-order valence-electron chi connectivity index (χ2n) is 3.30. The number of hydrogen-bond acceptors (Lipinski definition) is 8. The van der Waals surface area contributed by atoms with Crippen LogP contribution in [0.25, 0.3) is 0 Å². The van der Waals surface area contributed by atoms with Gasteiger partial charge in [0.25, 0.3) is 0 Å². The van der Waals surface area contributed by atoms with Crippen LogP contribution in [-0.2, 0) is 35.9 Å². The molecule has 0 bridgehead atoms. The summed E-state index contributed by atoms with van der Waals surface area (Å²) >= 11 is 0. The monoisotopic (exact) mass is 224 g/mol. The van der Waals surface area contributed by atoms with Crippen LogP contribution in [0.1, 0.15) is 22.8 Å². The van der Waals surface area contributed by atoms with Gasteiger partial charge in [-0.2, -0.15) is 0 Å². The van der Waals surface area contributed by atoms with E-state index in [1.807, 2.05) is 0 Å². The van der Waals surface area contributed by atoms with Crippen molar-refractivity contribution in [2.45, 2.75) is 26.4 Å². The molecule has 0 N–H and O–H groups in total. The maximum Gasteiger partial charge on any atom is 0.136 e. The van der Waals surface area contributed by atoms with Crippen molar-refractivity contribution < 1.29 is 18.7 Å². The molecule has 0 amide bonds. The molecule has 2 aromatic rings. The van der Waals surface area contributed by atoms with E-state index < -0.39 is 0 Å². The van der Waals surface area contributed by atoms with E-state index in [0.717, 1.165) is 0 Å². The fourth-order valence-electron chi connectivity index (χ4n) is 1.38. The molecule has 3 heterocycles. The number of hydrogen-bond donors (Lipinski definition) is 0. The molecule has 0 saturated heterocycles. The van der Waals surface area contributed by atoms with Gasteiger partial charge in [-0.3, -0.25) is 0 Å². The molecule has 0 radical (unpaired) electrons. The Hall–Kier alpha value is -1.80. The fraction of sp³-hybridized carbons (Fsp3) is 0.500. The number of fused-ring (bicyclic) bond motifs is 2. The Morgan fingerprint density at radius 1 is 0.562 bits per heavy atom.